The van der Waals surface area contributed by atoms with Crippen molar-refractivity contribution in [2.45, 2.75) is 32.1 Å². The normalized spacial score (nSPS) is 17.9. The molecule has 0 atom stereocenters. The van der Waals surface area contributed by atoms with Crippen LogP contribution >= 0.6 is 0 Å². The van der Waals surface area contributed by atoms with E-state index in [9.17, 15) is 8.42 Å². The molecule has 0 saturated heterocycles. The van der Waals surface area contributed by atoms with Crippen LogP contribution < -0.4 is 9.88 Å². The van der Waals surface area contributed by atoms with Crippen molar-refractivity contribution in [1.82, 2.24) is 0 Å². The summed E-state index contributed by atoms with van der Waals surface area (Å²) in [6, 6.07) is 9.05. The van der Waals surface area contributed by atoms with E-state index in [4.69, 9.17) is 15.1 Å². The van der Waals surface area contributed by atoms with Crippen molar-refractivity contribution in [2.75, 3.05) is 12.4 Å². The fourth-order valence-electron chi connectivity index (χ4n) is 2.97. The van der Waals surface area contributed by atoms with Crippen molar-refractivity contribution in [2.24, 2.45) is 10.6 Å². The number of nitrogens with two attached hydrogens (primary N) is 1. The summed E-state index contributed by atoms with van der Waals surface area (Å²) >= 11 is 0. The van der Waals surface area contributed by atoms with E-state index in [1.54, 1.807) is 24.3 Å². The number of primary sulfonamides is 1. The number of ether oxygens (including phenoxy) is 1. The van der Waals surface area contributed by atoms with Gasteiger partial charge < -0.3 is 4.74 Å². The molecule has 1 saturated carbocycles. The molecule has 0 aromatic heterocycles. The van der Waals surface area contributed by atoms with Crippen LogP contribution in [0.15, 0.2) is 24.3 Å². The van der Waals surface area contributed by atoms with Crippen LogP contribution in [0.4, 0.5) is 0 Å². The molecule has 1 aromatic carbocycles. The van der Waals surface area contributed by atoms with Gasteiger partial charge in [0, 0.05) is 5.41 Å². The highest BCUT2D eigenvalue weighted by molar-refractivity contribution is 7.89. The van der Waals surface area contributed by atoms with Crippen LogP contribution in [0, 0.1) is 16.7 Å². The van der Waals surface area contributed by atoms with Crippen molar-refractivity contribution in [3.63, 3.8) is 0 Å². The lowest BCUT2D eigenvalue weighted by Crippen LogP contribution is -2.40. The van der Waals surface area contributed by atoms with Gasteiger partial charge in [-0.15, -0.1) is 0 Å². The molecule has 1 aromatic rings. The predicted octanol–water partition coefficient (Wildman–Crippen LogP) is 2.18. The molecule has 1 fully saturated rings. The van der Waals surface area contributed by atoms with Crippen LogP contribution in [0.3, 0.4) is 0 Å². The topological polar surface area (TPSA) is 93.2 Å². The average molecular weight is 308 g/mol. The quantitative estimate of drug-likeness (QED) is 0.902. The van der Waals surface area contributed by atoms with Crippen molar-refractivity contribution in [3.8, 4) is 11.8 Å². The smallest absolute Gasteiger partial charge is 0.209 e. The summed E-state index contributed by atoms with van der Waals surface area (Å²) in [7, 11) is -3.55. The zero-order chi connectivity index (χ0) is 15.3. The minimum atomic E-state index is -3.55. The highest BCUT2D eigenvalue weighted by Crippen LogP contribution is 2.38. The summed E-state index contributed by atoms with van der Waals surface area (Å²) in [4.78, 5) is 0. The molecule has 21 heavy (non-hydrogen) atoms. The van der Waals surface area contributed by atoms with E-state index in [0.717, 1.165) is 32.1 Å². The van der Waals surface area contributed by atoms with Crippen LogP contribution in [0.1, 0.15) is 37.7 Å². The SMILES string of the molecule is N#Cc1ccccc1OCC1(CS(N)(=O)=O)CCCCC1. The first-order chi connectivity index (χ1) is 9.94. The Bertz CT molecular complexity index is 629. The standard InChI is InChI=1S/C15H20N2O3S/c16-10-13-6-2-3-7-14(13)20-11-15(12-21(17,18)19)8-4-1-5-9-15/h2-3,6-7H,1,4-5,8-9,11-12H2,(H2,17,18,19). The van der Waals surface area contributed by atoms with Crippen LogP contribution in [-0.4, -0.2) is 20.8 Å². The van der Waals surface area contributed by atoms with E-state index in [1.807, 2.05) is 0 Å². The highest BCUT2D eigenvalue weighted by atomic mass is 32.2. The summed E-state index contributed by atoms with van der Waals surface area (Å²) in [5.41, 5.74) is 0.0214. The van der Waals surface area contributed by atoms with Crippen molar-refractivity contribution >= 4 is 10.0 Å². The molecular weight excluding hydrogens is 288 g/mol. The van der Waals surface area contributed by atoms with Gasteiger partial charge >= 0.3 is 0 Å². The lowest BCUT2D eigenvalue weighted by Gasteiger charge is -2.36. The molecule has 0 spiro atoms. The number of benzene rings is 1. The van der Waals surface area contributed by atoms with E-state index in [2.05, 4.69) is 6.07 Å². The third kappa shape index (κ3) is 4.45. The van der Waals surface area contributed by atoms with E-state index in [-0.39, 0.29) is 12.4 Å². The first-order valence-electron chi connectivity index (χ1n) is 7.07. The molecule has 2 N–H and O–H groups in total. The van der Waals surface area contributed by atoms with Crippen LogP contribution in [-0.2, 0) is 10.0 Å². The van der Waals surface area contributed by atoms with Crippen LogP contribution in [0.2, 0.25) is 0 Å². The number of para-hydroxylation sites is 1. The van der Waals surface area contributed by atoms with Gasteiger partial charge in [-0.25, -0.2) is 13.6 Å². The summed E-state index contributed by atoms with van der Waals surface area (Å²) in [5, 5.41) is 14.3. The first kappa shape index (κ1) is 15.8. The maximum absolute atomic E-state index is 11.5. The Morgan fingerprint density at radius 3 is 2.52 bits per heavy atom. The second-order valence-corrected chi connectivity index (χ2v) is 7.38. The summed E-state index contributed by atoms with van der Waals surface area (Å²) in [6.07, 6.45) is 4.66. The van der Waals surface area contributed by atoms with Gasteiger partial charge in [0.1, 0.15) is 11.8 Å². The number of hydrogen-bond acceptors (Lipinski definition) is 4. The fraction of sp³-hybridized carbons (Fsp3) is 0.533. The van der Waals surface area contributed by atoms with E-state index >= 15 is 0 Å². The Labute approximate surface area is 125 Å². The van der Waals surface area contributed by atoms with Crippen molar-refractivity contribution < 1.29 is 13.2 Å². The zero-order valence-electron chi connectivity index (χ0n) is 11.9. The molecule has 0 radical (unpaired) electrons. The third-order valence-electron chi connectivity index (χ3n) is 3.96. The van der Waals surface area contributed by atoms with Gasteiger partial charge in [0.25, 0.3) is 0 Å². The van der Waals surface area contributed by atoms with Crippen molar-refractivity contribution in [1.29, 1.82) is 5.26 Å². The van der Waals surface area contributed by atoms with Gasteiger partial charge in [-0.05, 0) is 25.0 Å². The Morgan fingerprint density at radius 2 is 1.90 bits per heavy atom. The molecule has 0 aliphatic heterocycles. The monoisotopic (exact) mass is 308 g/mol. The largest absolute Gasteiger partial charge is 0.492 e. The summed E-state index contributed by atoms with van der Waals surface area (Å²) in [6.45, 7) is 0.280. The zero-order valence-corrected chi connectivity index (χ0v) is 12.7. The average Bonchev–Trinajstić information content (AvgIpc) is 2.45. The van der Waals surface area contributed by atoms with Gasteiger partial charge in [-0.2, -0.15) is 5.26 Å². The number of rotatable bonds is 5. The van der Waals surface area contributed by atoms with Gasteiger partial charge in [-0.3, -0.25) is 0 Å². The lowest BCUT2D eigenvalue weighted by molar-refractivity contribution is 0.118. The van der Waals surface area contributed by atoms with Crippen LogP contribution in [0.25, 0.3) is 0 Å². The van der Waals surface area contributed by atoms with Gasteiger partial charge in [-0.1, -0.05) is 31.4 Å². The van der Waals surface area contributed by atoms with Gasteiger partial charge in [0.15, 0.2) is 0 Å². The lowest BCUT2D eigenvalue weighted by atomic mass is 9.76. The fourth-order valence-corrected chi connectivity index (χ4v) is 4.20. The minimum Gasteiger partial charge on any atom is -0.492 e. The molecule has 6 heteroatoms. The predicted molar refractivity (Wildman–Crippen MR) is 80.1 cm³/mol. The van der Waals surface area contributed by atoms with Gasteiger partial charge in [0.2, 0.25) is 10.0 Å². The first-order valence-corrected chi connectivity index (χ1v) is 8.78. The summed E-state index contributed by atoms with van der Waals surface area (Å²) in [5.74, 6) is 0.439. The molecule has 5 nitrogen and oxygen atoms in total. The van der Waals surface area contributed by atoms with E-state index in [1.165, 1.54) is 0 Å². The minimum absolute atomic E-state index is 0.0608. The molecular formula is C15H20N2O3S. The highest BCUT2D eigenvalue weighted by Gasteiger charge is 2.36. The number of hydrogen-bond donors (Lipinski definition) is 1. The van der Waals surface area contributed by atoms with E-state index < -0.39 is 15.4 Å². The Morgan fingerprint density at radius 1 is 1.24 bits per heavy atom. The number of nitriles is 1. The molecule has 0 unspecified atom stereocenters. The Hall–Kier alpha value is -1.58. The second kappa shape index (κ2) is 6.46. The molecule has 2 rings (SSSR count). The summed E-state index contributed by atoms with van der Waals surface area (Å²) < 4.78 is 28.8. The maximum atomic E-state index is 11.5. The maximum Gasteiger partial charge on any atom is 0.209 e. The number of nitrogens with zero attached hydrogens (tertiary/aromatic N) is 1. The Kier molecular flexibility index (Phi) is 4.86. The molecule has 1 aliphatic carbocycles. The molecule has 0 heterocycles. The van der Waals surface area contributed by atoms with Crippen molar-refractivity contribution in [3.05, 3.63) is 29.8 Å². The Balaban J connectivity index is 2.14. The van der Waals surface area contributed by atoms with Gasteiger partial charge in [0.05, 0.1) is 17.9 Å². The second-order valence-electron chi connectivity index (χ2n) is 5.76. The van der Waals surface area contributed by atoms with E-state index in [0.29, 0.717) is 11.3 Å². The molecule has 0 amide bonds. The molecule has 1 aliphatic rings. The van der Waals surface area contributed by atoms with Crippen LogP contribution in [0.5, 0.6) is 5.75 Å². The molecule has 0 bridgehead atoms. The third-order valence-corrected chi connectivity index (χ3v) is 4.98. The number of sulfonamides is 1. The molecule has 114 valence electrons.